The van der Waals surface area contributed by atoms with E-state index < -0.39 is 0 Å². The maximum absolute atomic E-state index is 12.5. The van der Waals surface area contributed by atoms with Gasteiger partial charge in [0.2, 0.25) is 5.78 Å². The van der Waals surface area contributed by atoms with Gasteiger partial charge in [-0.1, -0.05) is 28.1 Å². The molecule has 30 heavy (non-hydrogen) atoms. The average Bonchev–Trinajstić information content (AvgIpc) is 3.16. The molecule has 0 spiro atoms. The van der Waals surface area contributed by atoms with Gasteiger partial charge >= 0.3 is 5.97 Å². The molecule has 154 valence electrons. The van der Waals surface area contributed by atoms with Crippen molar-refractivity contribution in [3.63, 3.8) is 0 Å². The van der Waals surface area contributed by atoms with E-state index in [1.807, 2.05) is 38.1 Å². The van der Waals surface area contributed by atoms with Crippen LogP contribution < -0.4 is 5.56 Å². The molecular weight excluding hydrogens is 468 g/mol. The van der Waals surface area contributed by atoms with Gasteiger partial charge in [-0.15, -0.1) is 22.0 Å². The van der Waals surface area contributed by atoms with Gasteiger partial charge in [-0.05, 0) is 49.2 Å². The van der Waals surface area contributed by atoms with Crippen LogP contribution in [0.5, 0.6) is 0 Å². The van der Waals surface area contributed by atoms with Gasteiger partial charge in [0.25, 0.3) is 5.56 Å². The number of aromatic nitrogens is 4. The fourth-order valence-electron chi connectivity index (χ4n) is 3.22. The van der Waals surface area contributed by atoms with E-state index in [4.69, 9.17) is 4.74 Å². The summed E-state index contributed by atoms with van der Waals surface area (Å²) in [5.74, 6) is 0.717. The summed E-state index contributed by atoms with van der Waals surface area (Å²) in [5.41, 5.74) is 2.75. The minimum absolute atomic E-state index is 0.0267. The lowest BCUT2D eigenvalue weighted by Crippen LogP contribution is -2.20. The fourth-order valence-corrected chi connectivity index (χ4v) is 4.58. The highest BCUT2D eigenvalue weighted by Crippen LogP contribution is 2.28. The van der Waals surface area contributed by atoms with E-state index in [1.54, 1.807) is 17.5 Å². The molecule has 0 saturated carbocycles. The Labute approximate surface area is 185 Å². The van der Waals surface area contributed by atoms with Crippen LogP contribution in [-0.2, 0) is 23.2 Å². The molecule has 7 nitrogen and oxygen atoms in total. The summed E-state index contributed by atoms with van der Waals surface area (Å²) in [7, 11) is 1.65. The van der Waals surface area contributed by atoms with Crippen molar-refractivity contribution in [3.05, 3.63) is 68.2 Å². The van der Waals surface area contributed by atoms with Crippen LogP contribution >= 0.6 is 27.7 Å². The monoisotopic (exact) mass is 486 g/mol. The van der Waals surface area contributed by atoms with Crippen molar-refractivity contribution < 1.29 is 9.53 Å². The van der Waals surface area contributed by atoms with Gasteiger partial charge in [-0.25, -0.2) is 0 Å². The predicted molar refractivity (Wildman–Crippen MR) is 120 cm³/mol. The highest BCUT2D eigenvalue weighted by atomic mass is 79.9. The Bertz CT molecular complexity index is 1350. The minimum atomic E-state index is -0.342. The molecule has 0 N–H and O–H groups in total. The maximum Gasteiger partial charge on any atom is 0.316 e. The van der Waals surface area contributed by atoms with E-state index >= 15 is 0 Å². The summed E-state index contributed by atoms with van der Waals surface area (Å²) in [6.07, 6.45) is 0. The number of carbonyl (C=O) groups is 1. The summed E-state index contributed by atoms with van der Waals surface area (Å²) < 4.78 is 9.69. The Kier molecular flexibility index (Phi) is 5.66. The summed E-state index contributed by atoms with van der Waals surface area (Å²) in [6, 6.07) is 11.3. The second kappa shape index (κ2) is 8.23. The minimum Gasteiger partial charge on any atom is -0.457 e. The molecule has 2 heterocycles. The number of rotatable bonds is 5. The molecule has 2 aromatic heterocycles. The van der Waals surface area contributed by atoms with Crippen molar-refractivity contribution >= 4 is 50.3 Å². The number of thioether (sulfide) groups is 1. The number of nitrogens with zero attached hydrogens (tertiary/aromatic N) is 4. The normalized spacial score (nSPS) is 11.3. The molecule has 0 unspecified atom stereocenters. The quantitative estimate of drug-likeness (QED) is 0.315. The van der Waals surface area contributed by atoms with Gasteiger partial charge in [-0.3, -0.25) is 18.6 Å². The highest BCUT2D eigenvalue weighted by molar-refractivity contribution is 9.10. The lowest BCUT2D eigenvalue weighted by atomic mass is 10.2. The van der Waals surface area contributed by atoms with Crippen LogP contribution in [0.25, 0.3) is 16.7 Å². The first kappa shape index (κ1) is 20.6. The largest absolute Gasteiger partial charge is 0.457 e. The smallest absolute Gasteiger partial charge is 0.316 e. The molecule has 2 aromatic carbocycles. The van der Waals surface area contributed by atoms with Gasteiger partial charge in [0.1, 0.15) is 0 Å². The summed E-state index contributed by atoms with van der Waals surface area (Å²) >= 11 is 4.96. The molecule has 0 saturated heterocycles. The number of halogens is 1. The lowest BCUT2D eigenvalue weighted by molar-refractivity contribution is -0.141. The number of benzene rings is 2. The molecular formula is C21H19BrN4O3S. The van der Waals surface area contributed by atoms with E-state index in [9.17, 15) is 9.59 Å². The van der Waals surface area contributed by atoms with Crippen LogP contribution in [0.4, 0.5) is 0 Å². The molecule has 0 aliphatic carbocycles. The number of aryl methyl sites for hydroxylation is 3. The molecule has 0 aliphatic heterocycles. The van der Waals surface area contributed by atoms with Crippen LogP contribution in [0.2, 0.25) is 0 Å². The maximum atomic E-state index is 12.5. The third-order valence-corrected chi connectivity index (χ3v) is 6.84. The Balaban J connectivity index is 1.52. The second-order valence-corrected chi connectivity index (χ2v) is 8.82. The standard InChI is InChI=1S/C21H19BrN4O3S/c1-12-9-17(13(2)8-15(12)22)30-11-19(27)29-10-18-23-24-21-25(3)20(28)14-6-4-5-7-16(14)26(18)21/h4-9H,10-11H2,1-3H3. The number of esters is 1. The number of hydrogen-bond acceptors (Lipinski definition) is 6. The van der Waals surface area contributed by atoms with E-state index in [0.29, 0.717) is 22.5 Å². The van der Waals surface area contributed by atoms with E-state index in [0.717, 1.165) is 20.5 Å². The first-order valence-corrected chi connectivity index (χ1v) is 11.0. The van der Waals surface area contributed by atoms with Gasteiger partial charge in [0.05, 0.1) is 16.7 Å². The Morgan fingerprint density at radius 1 is 1.17 bits per heavy atom. The van der Waals surface area contributed by atoms with E-state index in [-0.39, 0.29) is 23.9 Å². The van der Waals surface area contributed by atoms with Gasteiger partial charge in [0, 0.05) is 16.4 Å². The molecule has 9 heteroatoms. The predicted octanol–water partition coefficient (Wildman–Crippen LogP) is 3.80. The summed E-state index contributed by atoms with van der Waals surface area (Å²) in [6.45, 7) is 4.00. The van der Waals surface area contributed by atoms with E-state index in [1.165, 1.54) is 16.3 Å². The number of carbonyl (C=O) groups excluding carboxylic acids is 1. The zero-order valence-electron chi connectivity index (χ0n) is 16.7. The molecule has 0 bridgehead atoms. The third-order valence-electron chi connectivity index (χ3n) is 4.86. The number of para-hydroxylation sites is 1. The van der Waals surface area contributed by atoms with Crippen molar-refractivity contribution in [1.82, 2.24) is 19.2 Å². The Morgan fingerprint density at radius 2 is 1.93 bits per heavy atom. The number of ether oxygens (including phenoxy) is 1. The van der Waals surface area contributed by atoms with Crippen molar-refractivity contribution in [2.45, 2.75) is 25.3 Å². The Morgan fingerprint density at radius 3 is 2.73 bits per heavy atom. The van der Waals surface area contributed by atoms with Gasteiger partial charge in [0.15, 0.2) is 12.4 Å². The topological polar surface area (TPSA) is 78.5 Å². The first-order chi connectivity index (χ1) is 14.4. The van der Waals surface area contributed by atoms with Crippen LogP contribution in [0.3, 0.4) is 0 Å². The van der Waals surface area contributed by atoms with Gasteiger partial charge < -0.3 is 4.74 Å². The number of fused-ring (bicyclic) bond motifs is 3. The molecule has 0 atom stereocenters. The second-order valence-electron chi connectivity index (χ2n) is 6.95. The third kappa shape index (κ3) is 3.75. The summed E-state index contributed by atoms with van der Waals surface area (Å²) in [4.78, 5) is 25.9. The van der Waals surface area contributed by atoms with Crippen molar-refractivity contribution in [3.8, 4) is 0 Å². The van der Waals surface area contributed by atoms with Gasteiger partial charge in [-0.2, -0.15) is 0 Å². The number of hydrogen-bond donors (Lipinski definition) is 0. The average molecular weight is 487 g/mol. The van der Waals surface area contributed by atoms with E-state index in [2.05, 4.69) is 32.2 Å². The zero-order chi connectivity index (χ0) is 21.4. The van der Waals surface area contributed by atoms with Crippen molar-refractivity contribution in [1.29, 1.82) is 0 Å². The van der Waals surface area contributed by atoms with Crippen LogP contribution in [0, 0.1) is 13.8 Å². The fraction of sp³-hybridized carbons (Fsp3) is 0.238. The molecule has 4 rings (SSSR count). The van der Waals surface area contributed by atoms with Crippen LogP contribution in [-0.4, -0.2) is 30.9 Å². The Hall–Kier alpha value is -2.65. The molecule has 4 aromatic rings. The van der Waals surface area contributed by atoms with Crippen molar-refractivity contribution in [2.24, 2.45) is 7.05 Å². The molecule has 0 radical (unpaired) electrons. The first-order valence-electron chi connectivity index (χ1n) is 9.23. The molecule has 0 amide bonds. The lowest BCUT2D eigenvalue weighted by Gasteiger charge is -2.09. The van der Waals surface area contributed by atoms with Crippen molar-refractivity contribution in [2.75, 3.05) is 5.75 Å². The van der Waals surface area contributed by atoms with Crippen LogP contribution in [0.15, 0.2) is 50.6 Å². The SMILES string of the molecule is Cc1cc(SCC(=O)OCc2nnc3n(C)c(=O)c4ccccc4n23)c(C)cc1Br. The van der Waals surface area contributed by atoms with Crippen LogP contribution in [0.1, 0.15) is 17.0 Å². The molecule has 0 aliphatic rings. The molecule has 0 fully saturated rings. The summed E-state index contributed by atoms with van der Waals surface area (Å²) in [5, 5.41) is 8.79. The zero-order valence-corrected chi connectivity index (χ0v) is 19.1. The highest BCUT2D eigenvalue weighted by Gasteiger charge is 2.16.